The highest BCUT2D eigenvalue weighted by Gasteiger charge is 2.16. The van der Waals surface area contributed by atoms with Crippen LogP contribution < -0.4 is 4.74 Å². The summed E-state index contributed by atoms with van der Waals surface area (Å²) in [5, 5.41) is 9.32. The van der Waals surface area contributed by atoms with Crippen molar-refractivity contribution in [3.05, 3.63) is 78.6 Å². The third kappa shape index (κ3) is 4.30. The maximum absolute atomic E-state index is 14.2. The van der Waals surface area contributed by atoms with Crippen LogP contribution >= 0.6 is 0 Å². The van der Waals surface area contributed by atoms with Gasteiger partial charge in [-0.15, -0.1) is 0 Å². The lowest BCUT2D eigenvalue weighted by atomic mass is 10.1. The Morgan fingerprint density at radius 3 is 2.59 bits per heavy atom. The summed E-state index contributed by atoms with van der Waals surface area (Å²) in [6, 6.07) is 12.6. The van der Waals surface area contributed by atoms with Gasteiger partial charge in [-0.3, -0.25) is 15.1 Å². The SMILES string of the molecule is COc1cc(F)cc(-c2nccc3[nH]c(-c4n[nH]c5ncc(-c6cncc(CN(C)C)c6)cc45)cc23)c1. The van der Waals surface area contributed by atoms with E-state index in [0.29, 0.717) is 22.7 Å². The standard InChI is InChI=1S/C28H24FN7O/c1-36(2)15-16-6-18(13-30-12-16)19-9-23-27(34-35-28(23)32-14-19)25-11-22-24(33-25)4-5-31-26(22)17-7-20(29)10-21(8-17)37-3/h4-14,33H,15H2,1-3H3,(H,32,34,35). The highest BCUT2D eigenvalue weighted by molar-refractivity contribution is 6.00. The molecule has 9 heteroatoms. The van der Waals surface area contributed by atoms with Gasteiger partial charge in [-0.25, -0.2) is 9.37 Å². The van der Waals surface area contributed by atoms with Crippen LogP contribution in [0.15, 0.2) is 67.3 Å². The monoisotopic (exact) mass is 493 g/mol. The van der Waals surface area contributed by atoms with Gasteiger partial charge < -0.3 is 14.6 Å². The number of aromatic amines is 2. The molecule has 8 nitrogen and oxygen atoms in total. The second kappa shape index (κ2) is 9.11. The summed E-state index contributed by atoms with van der Waals surface area (Å²) >= 11 is 0. The normalized spacial score (nSPS) is 11.6. The molecule has 0 saturated carbocycles. The first-order valence-corrected chi connectivity index (χ1v) is 11.7. The molecule has 0 unspecified atom stereocenters. The third-order valence-electron chi connectivity index (χ3n) is 6.23. The van der Waals surface area contributed by atoms with Crippen molar-refractivity contribution < 1.29 is 9.13 Å². The Kier molecular flexibility index (Phi) is 5.61. The van der Waals surface area contributed by atoms with Gasteiger partial charge in [0.15, 0.2) is 5.65 Å². The molecular formula is C28H24FN7O. The molecule has 5 aromatic heterocycles. The topological polar surface area (TPSA) is 95.6 Å². The lowest BCUT2D eigenvalue weighted by Gasteiger charge is -2.10. The third-order valence-corrected chi connectivity index (χ3v) is 6.23. The van der Waals surface area contributed by atoms with Crippen LogP contribution in [0, 0.1) is 5.82 Å². The Morgan fingerprint density at radius 2 is 1.76 bits per heavy atom. The molecule has 0 spiro atoms. The van der Waals surface area contributed by atoms with Crippen molar-refractivity contribution >= 4 is 21.9 Å². The van der Waals surface area contributed by atoms with Gasteiger partial charge >= 0.3 is 0 Å². The molecule has 0 bridgehead atoms. The molecule has 184 valence electrons. The number of methoxy groups -OCH3 is 1. The molecule has 5 heterocycles. The summed E-state index contributed by atoms with van der Waals surface area (Å²) < 4.78 is 19.5. The van der Waals surface area contributed by atoms with Crippen molar-refractivity contribution in [2.24, 2.45) is 0 Å². The zero-order valence-corrected chi connectivity index (χ0v) is 20.6. The van der Waals surface area contributed by atoms with Gasteiger partial charge in [0, 0.05) is 70.4 Å². The fourth-order valence-electron chi connectivity index (χ4n) is 4.59. The number of rotatable bonds is 6. The Balaban J connectivity index is 1.45. The van der Waals surface area contributed by atoms with Crippen LogP contribution in [-0.4, -0.2) is 56.2 Å². The summed E-state index contributed by atoms with van der Waals surface area (Å²) in [5.74, 6) is 0.0514. The number of fused-ring (bicyclic) bond motifs is 2. The lowest BCUT2D eigenvalue weighted by Crippen LogP contribution is -2.10. The van der Waals surface area contributed by atoms with Gasteiger partial charge in [-0.05, 0) is 56.1 Å². The summed E-state index contributed by atoms with van der Waals surface area (Å²) in [4.78, 5) is 19.1. The minimum atomic E-state index is -0.384. The van der Waals surface area contributed by atoms with Crippen molar-refractivity contribution in [1.82, 2.24) is 35.0 Å². The molecular weight excluding hydrogens is 469 g/mol. The summed E-state index contributed by atoms with van der Waals surface area (Å²) in [6.45, 7) is 0.802. The first kappa shape index (κ1) is 22.8. The maximum atomic E-state index is 14.2. The fourth-order valence-corrected chi connectivity index (χ4v) is 4.59. The van der Waals surface area contributed by atoms with E-state index in [-0.39, 0.29) is 5.82 Å². The smallest absolute Gasteiger partial charge is 0.155 e. The number of hydrogen-bond donors (Lipinski definition) is 2. The Bertz CT molecular complexity index is 1760. The minimum absolute atomic E-state index is 0.384. The number of nitrogens with zero attached hydrogens (tertiary/aromatic N) is 5. The molecule has 0 atom stereocenters. The Labute approximate surface area is 212 Å². The Morgan fingerprint density at radius 1 is 0.892 bits per heavy atom. The summed E-state index contributed by atoms with van der Waals surface area (Å²) in [7, 11) is 5.58. The van der Waals surface area contributed by atoms with Crippen LogP contribution in [0.25, 0.3) is 55.7 Å². The molecule has 0 aliphatic carbocycles. The van der Waals surface area contributed by atoms with E-state index in [0.717, 1.165) is 50.9 Å². The molecule has 0 radical (unpaired) electrons. The number of benzene rings is 1. The fraction of sp³-hybridized carbons (Fsp3) is 0.143. The maximum Gasteiger partial charge on any atom is 0.155 e. The van der Waals surface area contributed by atoms with Crippen LogP contribution in [-0.2, 0) is 6.54 Å². The quantitative estimate of drug-likeness (QED) is 0.321. The summed E-state index contributed by atoms with van der Waals surface area (Å²) in [6.07, 6.45) is 7.25. The predicted octanol–water partition coefficient (Wildman–Crippen LogP) is 5.44. The van der Waals surface area contributed by atoms with Gasteiger partial charge in [0.1, 0.15) is 17.3 Å². The average molecular weight is 494 g/mol. The number of aromatic nitrogens is 6. The van der Waals surface area contributed by atoms with E-state index in [1.807, 2.05) is 44.8 Å². The first-order chi connectivity index (χ1) is 18.0. The van der Waals surface area contributed by atoms with Crippen LogP contribution in [0.2, 0.25) is 0 Å². The molecule has 0 saturated heterocycles. The molecule has 37 heavy (non-hydrogen) atoms. The zero-order valence-electron chi connectivity index (χ0n) is 20.6. The van der Waals surface area contributed by atoms with E-state index in [2.05, 4.69) is 47.2 Å². The number of hydrogen-bond acceptors (Lipinski definition) is 6. The second-order valence-corrected chi connectivity index (χ2v) is 9.20. The molecule has 1 aromatic carbocycles. The molecule has 0 fully saturated rings. The Hall–Kier alpha value is -4.63. The number of ether oxygens (including phenoxy) is 1. The van der Waals surface area contributed by atoms with E-state index in [1.165, 1.54) is 19.2 Å². The molecule has 6 aromatic rings. The highest BCUT2D eigenvalue weighted by Crippen LogP contribution is 2.35. The van der Waals surface area contributed by atoms with Gasteiger partial charge in [0.25, 0.3) is 0 Å². The molecule has 2 N–H and O–H groups in total. The van der Waals surface area contributed by atoms with Crippen molar-refractivity contribution in [2.75, 3.05) is 21.2 Å². The van der Waals surface area contributed by atoms with Gasteiger partial charge in [-0.2, -0.15) is 5.10 Å². The molecule has 6 rings (SSSR count). The van der Waals surface area contributed by atoms with Crippen LogP contribution in [0.3, 0.4) is 0 Å². The largest absolute Gasteiger partial charge is 0.497 e. The van der Waals surface area contributed by atoms with E-state index in [1.54, 1.807) is 12.3 Å². The van der Waals surface area contributed by atoms with E-state index >= 15 is 0 Å². The van der Waals surface area contributed by atoms with Crippen LogP contribution in [0.5, 0.6) is 5.75 Å². The van der Waals surface area contributed by atoms with E-state index in [4.69, 9.17) is 4.74 Å². The van der Waals surface area contributed by atoms with Gasteiger partial charge in [0.05, 0.1) is 18.5 Å². The van der Waals surface area contributed by atoms with Gasteiger partial charge in [0.2, 0.25) is 0 Å². The number of pyridine rings is 3. The van der Waals surface area contributed by atoms with Crippen LogP contribution in [0.1, 0.15) is 5.56 Å². The first-order valence-electron chi connectivity index (χ1n) is 11.7. The molecule has 0 amide bonds. The number of nitrogens with one attached hydrogen (secondary N) is 2. The van der Waals surface area contributed by atoms with Crippen molar-refractivity contribution in [3.8, 4) is 39.5 Å². The lowest BCUT2D eigenvalue weighted by molar-refractivity contribution is 0.402. The van der Waals surface area contributed by atoms with Crippen molar-refractivity contribution in [1.29, 1.82) is 0 Å². The van der Waals surface area contributed by atoms with Crippen molar-refractivity contribution in [3.63, 3.8) is 0 Å². The van der Waals surface area contributed by atoms with Crippen molar-refractivity contribution in [2.45, 2.75) is 6.54 Å². The minimum Gasteiger partial charge on any atom is -0.497 e. The second-order valence-electron chi connectivity index (χ2n) is 9.20. The average Bonchev–Trinajstić information content (AvgIpc) is 3.51. The molecule has 0 aliphatic heterocycles. The van der Waals surface area contributed by atoms with E-state index < -0.39 is 0 Å². The van der Waals surface area contributed by atoms with Crippen LogP contribution in [0.4, 0.5) is 4.39 Å². The number of H-pyrrole nitrogens is 2. The zero-order chi connectivity index (χ0) is 25.5. The summed E-state index contributed by atoms with van der Waals surface area (Å²) in [5.41, 5.74) is 7.44. The predicted molar refractivity (Wildman–Crippen MR) is 142 cm³/mol. The number of halogens is 1. The highest BCUT2D eigenvalue weighted by atomic mass is 19.1. The van der Waals surface area contributed by atoms with Gasteiger partial charge in [-0.1, -0.05) is 0 Å². The molecule has 0 aliphatic rings. The van der Waals surface area contributed by atoms with E-state index in [9.17, 15) is 4.39 Å².